The first-order valence-corrected chi connectivity index (χ1v) is 5.65. The van der Waals surface area contributed by atoms with Crippen molar-refractivity contribution in [3.8, 4) is 6.07 Å². The zero-order valence-electron chi connectivity index (χ0n) is 9.72. The summed E-state index contributed by atoms with van der Waals surface area (Å²) in [6, 6.07) is 2.02. The number of aliphatic hydroxyl groups is 1. The van der Waals surface area contributed by atoms with Gasteiger partial charge in [-0.05, 0) is 12.8 Å². The molecule has 0 unspecified atom stereocenters. The molecule has 0 saturated carbocycles. The van der Waals surface area contributed by atoms with Crippen LogP contribution in [0.4, 0.5) is 0 Å². The fourth-order valence-electron chi connectivity index (χ4n) is 1.73. The van der Waals surface area contributed by atoms with Crippen LogP contribution in [-0.2, 0) is 4.79 Å². The average molecular weight is 225 g/mol. The molecular formula is C11H19N3O2. The van der Waals surface area contributed by atoms with Gasteiger partial charge in [0.25, 0.3) is 0 Å². The first kappa shape index (κ1) is 12.9. The second kappa shape index (κ2) is 6.46. The van der Waals surface area contributed by atoms with Gasteiger partial charge in [0.15, 0.2) is 0 Å². The molecular weight excluding hydrogens is 206 g/mol. The van der Waals surface area contributed by atoms with Crippen LogP contribution in [0.5, 0.6) is 0 Å². The van der Waals surface area contributed by atoms with Crippen molar-refractivity contribution < 1.29 is 9.90 Å². The molecule has 5 nitrogen and oxygen atoms in total. The second-order valence-corrected chi connectivity index (χ2v) is 4.23. The number of nitrogens with zero attached hydrogens (tertiary/aromatic N) is 3. The number of hydrogen-bond acceptors (Lipinski definition) is 4. The molecule has 0 atom stereocenters. The predicted octanol–water partition coefficient (Wildman–Crippen LogP) is -0.185. The highest BCUT2D eigenvalue weighted by atomic mass is 16.3. The van der Waals surface area contributed by atoms with Gasteiger partial charge in [-0.25, -0.2) is 0 Å². The predicted molar refractivity (Wildman–Crippen MR) is 59.5 cm³/mol. The van der Waals surface area contributed by atoms with E-state index in [2.05, 4.69) is 4.90 Å². The summed E-state index contributed by atoms with van der Waals surface area (Å²) in [5.74, 6) is 0.0478. The van der Waals surface area contributed by atoms with Gasteiger partial charge in [0.2, 0.25) is 5.91 Å². The van der Waals surface area contributed by atoms with Crippen LogP contribution in [0.2, 0.25) is 0 Å². The number of amides is 1. The van der Waals surface area contributed by atoms with E-state index in [-0.39, 0.29) is 12.0 Å². The molecule has 0 aromatic heterocycles. The number of nitriles is 1. The van der Waals surface area contributed by atoms with Crippen LogP contribution in [0.3, 0.4) is 0 Å². The van der Waals surface area contributed by atoms with Crippen molar-refractivity contribution in [2.24, 2.45) is 0 Å². The van der Waals surface area contributed by atoms with Crippen LogP contribution in [0, 0.1) is 11.3 Å². The molecule has 0 spiro atoms. The SMILES string of the molecule is CN(CCC#N)C(=O)CN1CCC(O)CC1. The maximum Gasteiger partial charge on any atom is 0.236 e. The Morgan fingerprint density at radius 2 is 2.19 bits per heavy atom. The number of rotatable bonds is 4. The van der Waals surface area contributed by atoms with Gasteiger partial charge in [-0.15, -0.1) is 0 Å². The van der Waals surface area contributed by atoms with Crippen LogP contribution >= 0.6 is 0 Å². The number of likely N-dealkylation sites (N-methyl/N-ethyl adjacent to an activating group) is 1. The zero-order chi connectivity index (χ0) is 12.0. The molecule has 1 amide bonds. The molecule has 1 aliphatic heterocycles. The third-order valence-corrected chi connectivity index (χ3v) is 2.90. The van der Waals surface area contributed by atoms with Crippen LogP contribution in [-0.4, -0.2) is 60.1 Å². The first-order valence-electron chi connectivity index (χ1n) is 5.65. The lowest BCUT2D eigenvalue weighted by atomic mass is 10.1. The normalized spacial score (nSPS) is 18.1. The van der Waals surface area contributed by atoms with Crippen molar-refractivity contribution >= 4 is 5.91 Å². The summed E-state index contributed by atoms with van der Waals surface area (Å²) < 4.78 is 0. The lowest BCUT2D eigenvalue weighted by molar-refractivity contribution is -0.131. The van der Waals surface area contributed by atoms with Crippen LogP contribution < -0.4 is 0 Å². The third-order valence-electron chi connectivity index (χ3n) is 2.90. The Bertz CT molecular complexity index is 267. The topological polar surface area (TPSA) is 67.6 Å². The Balaban J connectivity index is 2.26. The summed E-state index contributed by atoms with van der Waals surface area (Å²) >= 11 is 0. The molecule has 1 heterocycles. The minimum absolute atomic E-state index is 0.0478. The van der Waals surface area contributed by atoms with E-state index in [9.17, 15) is 9.90 Å². The molecule has 0 aliphatic carbocycles. The number of likely N-dealkylation sites (tertiary alicyclic amines) is 1. The van der Waals surface area contributed by atoms with E-state index < -0.39 is 0 Å². The maximum absolute atomic E-state index is 11.7. The number of carbonyl (C=O) groups is 1. The summed E-state index contributed by atoms with van der Waals surface area (Å²) in [5.41, 5.74) is 0. The van der Waals surface area contributed by atoms with E-state index >= 15 is 0 Å². The smallest absolute Gasteiger partial charge is 0.236 e. The molecule has 1 N–H and O–H groups in total. The number of aliphatic hydroxyl groups excluding tert-OH is 1. The summed E-state index contributed by atoms with van der Waals surface area (Å²) in [7, 11) is 1.72. The second-order valence-electron chi connectivity index (χ2n) is 4.23. The zero-order valence-corrected chi connectivity index (χ0v) is 9.72. The van der Waals surface area contributed by atoms with Crippen LogP contribution in [0.25, 0.3) is 0 Å². The summed E-state index contributed by atoms with van der Waals surface area (Å²) in [6.45, 7) is 2.44. The van der Waals surface area contributed by atoms with E-state index in [0.29, 0.717) is 19.5 Å². The van der Waals surface area contributed by atoms with Crippen LogP contribution in [0.1, 0.15) is 19.3 Å². The van der Waals surface area contributed by atoms with Gasteiger partial charge in [-0.1, -0.05) is 0 Å². The van der Waals surface area contributed by atoms with Crippen molar-refractivity contribution in [3.05, 3.63) is 0 Å². The van der Waals surface area contributed by atoms with E-state index in [1.807, 2.05) is 6.07 Å². The average Bonchev–Trinajstić information content (AvgIpc) is 2.29. The molecule has 0 aromatic carbocycles. The van der Waals surface area contributed by atoms with Gasteiger partial charge in [0.05, 0.1) is 25.1 Å². The molecule has 1 fully saturated rings. The molecule has 1 rings (SSSR count). The molecule has 1 saturated heterocycles. The van der Waals surface area contributed by atoms with Gasteiger partial charge in [-0.2, -0.15) is 5.26 Å². The molecule has 16 heavy (non-hydrogen) atoms. The molecule has 0 aromatic rings. The lowest BCUT2D eigenvalue weighted by Gasteiger charge is -2.30. The highest BCUT2D eigenvalue weighted by Crippen LogP contribution is 2.09. The largest absolute Gasteiger partial charge is 0.393 e. The third kappa shape index (κ3) is 4.17. The Labute approximate surface area is 96.3 Å². The Morgan fingerprint density at radius 1 is 1.56 bits per heavy atom. The van der Waals surface area contributed by atoms with Crippen molar-refractivity contribution in [3.63, 3.8) is 0 Å². The van der Waals surface area contributed by atoms with Crippen molar-refractivity contribution in [2.45, 2.75) is 25.4 Å². The van der Waals surface area contributed by atoms with E-state index in [0.717, 1.165) is 25.9 Å². The molecule has 5 heteroatoms. The van der Waals surface area contributed by atoms with Crippen LogP contribution in [0.15, 0.2) is 0 Å². The van der Waals surface area contributed by atoms with E-state index in [1.54, 1.807) is 11.9 Å². The van der Waals surface area contributed by atoms with Gasteiger partial charge in [0, 0.05) is 26.7 Å². The minimum atomic E-state index is -0.206. The van der Waals surface area contributed by atoms with Gasteiger partial charge in [-0.3, -0.25) is 9.69 Å². The number of piperidine rings is 1. The van der Waals surface area contributed by atoms with Crippen molar-refractivity contribution in [1.82, 2.24) is 9.80 Å². The number of carbonyl (C=O) groups excluding carboxylic acids is 1. The van der Waals surface area contributed by atoms with Gasteiger partial charge in [0.1, 0.15) is 0 Å². The van der Waals surface area contributed by atoms with Gasteiger partial charge >= 0.3 is 0 Å². The van der Waals surface area contributed by atoms with Crippen molar-refractivity contribution in [1.29, 1.82) is 5.26 Å². The first-order chi connectivity index (χ1) is 7.63. The van der Waals surface area contributed by atoms with Gasteiger partial charge < -0.3 is 10.0 Å². The minimum Gasteiger partial charge on any atom is -0.393 e. The molecule has 0 bridgehead atoms. The highest BCUT2D eigenvalue weighted by molar-refractivity contribution is 5.78. The highest BCUT2D eigenvalue weighted by Gasteiger charge is 2.20. The van der Waals surface area contributed by atoms with E-state index in [1.165, 1.54) is 0 Å². The quantitative estimate of drug-likeness (QED) is 0.720. The fraction of sp³-hybridized carbons (Fsp3) is 0.818. The lowest BCUT2D eigenvalue weighted by Crippen LogP contribution is -2.43. The summed E-state index contributed by atoms with van der Waals surface area (Å²) in [5, 5.41) is 17.7. The standard InChI is InChI=1S/C11H19N3O2/c1-13(6-2-5-12)11(16)9-14-7-3-10(15)4-8-14/h10,15H,2-4,6-9H2,1H3. The maximum atomic E-state index is 11.7. The summed E-state index contributed by atoms with van der Waals surface area (Å²) in [4.78, 5) is 15.4. The molecule has 90 valence electrons. The Morgan fingerprint density at radius 3 is 2.75 bits per heavy atom. The monoisotopic (exact) mass is 225 g/mol. The van der Waals surface area contributed by atoms with E-state index in [4.69, 9.17) is 5.26 Å². The fourth-order valence-corrected chi connectivity index (χ4v) is 1.73. The van der Waals surface area contributed by atoms with Crippen molar-refractivity contribution in [2.75, 3.05) is 33.2 Å². The Hall–Kier alpha value is -1.12. The Kier molecular flexibility index (Phi) is 5.23. The molecule has 0 radical (unpaired) electrons. The molecule has 1 aliphatic rings. The number of hydrogen-bond donors (Lipinski definition) is 1. The summed E-state index contributed by atoms with van der Waals surface area (Å²) in [6.07, 6.45) is 1.66.